The quantitative estimate of drug-likeness (QED) is 0.534. The second-order valence-electron chi connectivity index (χ2n) is 9.88. The summed E-state index contributed by atoms with van der Waals surface area (Å²) in [6.07, 6.45) is 2.39. The molecule has 0 unspecified atom stereocenters. The van der Waals surface area contributed by atoms with Crippen LogP contribution in [0.3, 0.4) is 0 Å². The van der Waals surface area contributed by atoms with Gasteiger partial charge in [0.2, 0.25) is 11.8 Å². The first kappa shape index (κ1) is 25.6. The van der Waals surface area contributed by atoms with Crippen molar-refractivity contribution in [3.63, 3.8) is 0 Å². The molecule has 0 aliphatic heterocycles. The standard InChI is InChI=1S/C28H40N2O2/c1-7-25(27(32)29-28(4,5)6)30(20-19-22-11-9-8-10-12-22)26(31)18-15-23-13-16-24(17-14-23)21(2)3/h8-14,16-17,21,25H,7,15,18-20H2,1-6H3,(H,29,32)/t25-/m1/s1. The Morgan fingerprint density at radius 3 is 2.03 bits per heavy atom. The normalized spacial score (nSPS) is 12.5. The van der Waals surface area contributed by atoms with Crippen LogP contribution in [0.1, 0.15) is 77.0 Å². The number of hydrogen-bond donors (Lipinski definition) is 1. The fourth-order valence-corrected chi connectivity index (χ4v) is 3.81. The van der Waals surface area contributed by atoms with E-state index in [2.05, 4.69) is 55.6 Å². The monoisotopic (exact) mass is 436 g/mol. The highest BCUT2D eigenvalue weighted by molar-refractivity contribution is 5.88. The molecule has 174 valence electrons. The van der Waals surface area contributed by atoms with E-state index in [9.17, 15) is 9.59 Å². The zero-order chi connectivity index (χ0) is 23.7. The number of rotatable bonds is 10. The molecule has 2 amide bonds. The molecular weight excluding hydrogens is 396 g/mol. The van der Waals surface area contributed by atoms with Gasteiger partial charge in [0, 0.05) is 18.5 Å². The number of carbonyl (C=O) groups excluding carboxylic acids is 2. The minimum atomic E-state index is -0.464. The van der Waals surface area contributed by atoms with E-state index in [1.165, 1.54) is 11.1 Å². The highest BCUT2D eigenvalue weighted by Gasteiger charge is 2.30. The summed E-state index contributed by atoms with van der Waals surface area (Å²) in [7, 11) is 0. The Hall–Kier alpha value is -2.62. The SMILES string of the molecule is CC[C@H](C(=O)NC(C)(C)C)N(CCc1ccccc1)C(=O)CCc1ccc(C(C)C)cc1. The summed E-state index contributed by atoms with van der Waals surface area (Å²) in [4.78, 5) is 28.1. The van der Waals surface area contributed by atoms with Gasteiger partial charge in [0.1, 0.15) is 6.04 Å². The molecule has 2 aromatic rings. The Bertz CT molecular complexity index is 851. The summed E-state index contributed by atoms with van der Waals surface area (Å²) >= 11 is 0. The van der Waals surface area contributed by atoms with E-state index >= 15 is 0 Å². The zero-order valence-electron chi connectivity index (χ0n) is 20.7. The molecule has 32 heavy (non-hydrogen) atoms. The fraction of sp³-hybridized carbons (Fsp3) is 0.500. The maximum absolute atomic E-state index is 13.3. The molecule has 2 aromatic carbocycles. The Morgan fingerprint density at radius 1 is 0.906 bits per heavy atom. The Kier molecular flexibility index (Phi) is 9.49. The van der Waals surface area contributed by atoms with Gasteiger partial charge in [-0.05, 0) is 62.6 Å². The average Bonchev–Trinajstić information content (AvgIpc) is 2.74. The van der Waals surface area contributed by atoms with Gasteiger partial charge >= 0.3 is 0 Å². The largest absolute Gasteiger partial charge is 0.350 e. The summed E-state index contributed by atoms with van der Waals surface area (Å²) in [5, 5.41) is 3.06. The van der Waals surface area contributed by atoms with Gasteiger partial charge in [-0.25, -0.2) is 0 Å². The van der Waals surface area contributed by atoms with Crippen LogP contribution in [0, 0.1) is 0 Å². The smallest absolute Gasteiger partial charge is 0.243 e. The number of nitrogens with one attached hydrogen (secondary N) is 1. The van der Waals surface area contributed by atoms with Crippen molar-refractivity contribution in [2.45, 2.75) is 84.7 Å². The van der Waals surface area contributed by atoms with Gasteiger partial charge < -0.3 is 10.2 Å². The molecule has 4 nitrogen and oxygen atoms in total. The summed E-state index contributed by atoms with van der Waals surface area (Å²) in [6.45, 7) is 12.8. The van der Waals surface area contributed by atoms with Gasteiger partial charge in [-0.15, -0.1) is 0 Å². The van der Waals surface area contributed by atoms with Crippen LogP contribution in [-0.2, 0) is 22.4 Å². The third kappa shape index (κ3) is 8.14. The highest BCUT2D eigenvalue weighted by Crippen LogP contribution is 2.17. The fourth-order valence-electron chi connectivity index (χ4n) is 3.81. The maximum Gasteiger partial charge on any atom is 0.243 e. The van der Waals surface area contributed by atoms with Crippen molar-refractivity contribution in [2.24, 2.45) is 0 Å². The van der Waals surface area contributed by atoms with Crippen molar-refractivity contribution >= 4 is 11.8 Å². The average molecular weight is 437 g/mol. The van der Waals surface area contributed by atoms with Crippen molar-refractivity contribution in [3.8, 4) is 0 Å². The van der Waals surface area contributed by atoms with E-state index in [-0.39, 0.29) is 17.4 Å². The van der Waals surface area contributed by atoms with E-state index in [1.807, 2.05) is 45.9 Å². The van der Waals surface area contributed by atoms with E-state index in [1.54, 1.807) is 4.90 Å². The minimum Gasteiger partial charge on any atom is -0.350 e. The van der Waals surface area contributed by atoms with Crippen molar-refractivity contribution in [1.29, 1.82) is 0 Å². The molecule has 0 fully saturated rings. The van der Waals surface area contributed by atoms with Crippen molar-refractivity contribution in [2.75, 3.05) is 6.54 Å². The van der Waals surface area contributed by atoms with Gasteiger partial charge in [0.05, 0.1) is 0 Å². The summed E-state index contributed by atoms with van der Waals surface area (Å²) in [6, 6.07) is 18.2. The molecule has 4 heteroatoms. The number of hydrogen-bond acceptors (Lipinski definition) is 2. The van der Waals surface area contributed by atoms with E-state index in [0.717, 1.165) is 12.0 Å². The number of aryl methyl sites for hydroxylation is 1. The Labute approximate surface area is 194 Å². The summed E-state index contributed by atoms with van der Waals surface area (Å²) in [5.41, 5.74) is 3.28. The summed E-state index contributed by atoms with van der Waals surface area (Å²) < 4.78 is 0. The van der Waals surface area contributed by atoms with Gasteiger partial charge in [-0.3, -0.25) is 9.59 Å². The van der Waals surface area contributed by atoms with Crippen molar-refractivity contribution in [1.82, 2.24) is 10.2 Å². The first-order valence-corrected chi connectivity index (χ1v) is 11.8. The van der Waals surface area contributed by atoms with Gasteiger partial charge in [0.25, 0.3) is 0 Å². The molecule has 0 saturated carbocycles. The third-order valence-electron chi connectivity index (χ3n) is 5.64. The zero-order valence-corrected chi connectivity index (χ0v) is 20.7. The van der Waals surface area contributed by atoms with Crippen LogP contribution in [0.5, 0.6) is 0 Å². The predicted molar refractivity (Wildman–Crippen MR) is 133 cm³/mol. The first-order chi connectivity index (χ1) is 15.1. The Morgan fingerprint density at radius 2 is 1.50 bits per heavy atom. The molecule has 1 N–H and O–H groups in total. The number of nitrogens with zero attached hydrogens (tertiary/aromatic N) is 1. The van der Waals surface area contributed by atoms with Crippen molar-refractivity contribution < 1.29 is 9.59 Å². The maximum atomic E-state index is 13.3. The molecule has 0 saturated heterocycles. The van der Waals surface area contributed by atoms with E-state index in [0.29, 0.717) is 31.7 Å². The van der Waals surface area contributed by atoms with Crippen LogP contribution < -0.4 is 5.32 Å². The lowest BCUT2D eigenvalue weighted by Gasteiger charge is -2.33. The van der Waals surface area contributed by atoms with Crippen LogP contribution in [0.15, 0.2) is 54.6 Å². The first-order valence-electron chi connectivity index (χ1n) is 11.8. The molecule has 0 bridgehead atoms. The molecule has 0 radical (unpaired) electrons. The Balaban J connectivity index is 2.13. The minimum absolute atomic E-state index is 0.0322. The van der Waals surface area contributed by atoms with Gasteiger partial charge in [-0.2, -0.15) is 0 Å². The lowest BCUT2D eigenvalue weighted by Crippen LogP contribution is -2.54. The van der Waals surface area contributed by atoms with Gasteiger partial charge in [-0.1, -0.05) is 75.4 Å². The summed E-state index contributed by atoms with van der Waals surface area (Å²) in [5.74, 6) is 0.443. The predicted octanol–water partition coefficient (Wildman–Crippen LogP) is 5.51. The molecule has 0 aromatic heterocycles. The second-order valence-corrected chi connectivity index (χ2v) is 9.88. The number of benzene rings is 2. The lowest BCUT2D eigenvalue weighted by molar-refractivity contribution is -0.141. The molecule has 1 atom stereocenters. The van der Waals surface area contributed by atoms with E-state index < -0.39 is 6.04 Å². The second kappa shape index (κ2) is 11.8. The van der Waals surface area contributed by atoms with Crippen LogP contribution in [0.4, 0.5) is 0 Å². The molecular formula is C28H40N2O2. The molecule has 0 aliphatic carbocycles. The molecule has 2 rings (SSSR count). The third-order valence-corrected chi connectivity index (χ3v) is 5.64. The van der Waals surface area contributed by atoms with E-state index in [4.69, 9.17) is 0 Å². The van der Waals surface area contributed by atoms with Crippen molar-refractivity contribution in [3.05, 3.63) is 71.3 Å². The number of carbonyl (C=O) groups is 2. The van der Waals surface area contributed by atoms with Gasteiger partial charge in [0.15, 0.2) is 0 Å². The van der Waals surface area contributed by atoms with Crippen LogP contribution in [-0.4, -0.2) is 34.8 Å². The number of amides is 2. The van der Waals surface area contributed by atoms with Crippen LogP contribution in [0.2, 0.25) is 0 Å². The highest BCUT2D eigenvalue weighted by atomic mass is 16.2. The van der Waals surface area contributed by atoms with Crippen LogP contribution in [0.25, 0.3) is 0 Å². The molecule has 0 heterocycles. The lowest BCUT2D eigenvalue weighted by atomic mass is 10.00. The molecule has 0 aliphatic rings. The topological polar surface area (TPSA) is 49.4 Å². The van der Waals surface area contributed by atoms with Crippen LogP contribution >= 0.6 is 0 Å². The molecule has 0 spiro atoms.